The van der Waals surface area contributed by atoms with Crippen molar-refractivity contribution in [2.45, 2.75) is 51.9 Å². The lowest BCUT2D eigenvalue weighted by Gasteiger charge is -2.42. The minimum atomic E-state index is -4.50. The summed E-state index contributed by atoms with van der Waals surface area (Å²) in [5.74, 6) is 0.167. The van der Waals surface area contributed by atoms with Crippen molar-refractivity contribution in [3.05, 3.63) is 22.8 Å². The smallest absolute Gasteiger partial charge is 0.416 e. The Morgan fingerprint density at radius 1 is 1.31 bits per heavy atom. The van der Waals surface area contributed by atoms with Gasteiger partial charge < -0.3 is 14.5 Å². The molecular weight excluding hydrogens is 371 g/mol. The molecule has 1 amide bonds. The lowest BCUT2D eigenvalue weighted by Crippen LogP contribution is -2.55. The summed E-state index contributed by atoms with van der Waals surface area (Å²) in [7, 11) is 0. The fourth-order valence-electron chi connectivity index (χ4n) is 2.79. The number of hydrogen-bond acceptors (Lipinski definition) is 4. The second-order valence-corrected chi connectivity index (χ2v) is 7.60. The third-order valence-corrected chi connectivity index (χ3v) is 4.20. The molecule has 0 saturated carbocycles. The van der Waals surface area contributed by atoms with E-state index in [0.717, 1.165) is 12.1 Å². The van der Waals surface area contributed by atoms with Crippen LogP contribution in [-0.4, -0.2) is 47.3 Å². The molecule has 1 atom stereocenters. The first-order chi connectivity index (χ1) is 11.9. The molecule has 9 heteroatoms. The van der Waals surface area contributed by atoms with Crippen molar-refractivity contribution in [3.8, 4) is 0 Å². The van der Waals surface area contributed by atoms with Gasteiger partial charge in [-0.05, 0) is 39.3 Å². The lowest BCUT2D eigenvalue weighted by atomic mass is 10.1. The van der Waals surface area contributed by atoms with Crippen molar-refractivity contribution in [2.75, 3.05) is 24.5 Å². The fraction of sp³-hybridized carbons (Fsp3) is 0.647. The number of halogens is 4. The van der Waals surface area contributed by atoms with E-state index in [1.807, 2.05) is 6.92 Å². The number of aromatic nitrogens is 1. The summed E-state index contributed by atoms with van der Waals surface area (Å²) in [6.45, 7) is 8.29. The zero-order valence-corrected chi connectivity index (χ0v) is 16.0. The van der Waals surface area contributed by atoms with Gasteiger partial charge in [-0.3, -0.25) is 0 Å². The van der Waals surface area contributed by atoms with Crippen molar-refractivity contribution in [2.24, 2.45) is 0 Å². The third-order valence-electron chi connectivity index (χ3n) is 4.01. The van der Waals surface area contributed by atoms with Gasteiger partial charge in [-0.2, -0.15) is 13.2 Å². The van der Waals surface area contributed by atoms with E-state index < -0.39 is 23.4 Å². The monoisotopic (exact) mass is 393 g/mol. The highest BCUT2D eigenvalue weighted by Crippen LogP contribution is 2.34. The molecule has 2 rings (SSSR count). The normalized spacial score (nSPS) is 18.8. The standard InChI is InChI=1S/C17H23ClF3N3O2/c1-5-12-10-23(15(25)26-16(2,3)4)6-7-24(12)14-9-11(17(19,20)21)8-13(18)22-14/h8-9,12H,5-7,10H2,1-4H3/t12-/m1/s1. The molecule has 0 aliphatic carbocycles. The van der Waals surface area contributed by atoms with E-state index in [2.05, 4.69) is 4.98 Å². The molecule has 5 nitrogen and oxygen atoms in total. The Balaban J connectivity index is 2.20. The Hall–Kier alpha value is -1.70. The maximum atomic E-state index is 13.0. The number of nitrogens with zero attached hydrogens (tertiary/aromatic N) is 3. The Bertz CT molecular complexity index is 662. The summed E-state index contributed by atoms with van der Waals surface area (Å²) in [6, 6.07) is 1.63. The van der Waals surface area contributed by atoms with E-state index in [4.69, 9.17) is 16.3 Å². The number of anilines is 1. The average Bonchev–Trinajstić information content (AvgIpc) is 2.51. The summed E-state index contributed by atoms with van der Waals surface area (Å²) in [6.07, 6.45) is -4.29. The van der Waals surface area contributed by atoms with Gasteiger partial charge in [0.15, 0.2) is 0 Å². The number of rotatable bonds is 2. The molecule has 0 aromatic carbocycles. The summed E-state index contributed by atoms with van der Waals surface area (Å²) < 4.78 is 44.5. The number of ether oxygens (including phenoxy) is 1. The first-order valence-electron chi connectivity index (χ1n) is 8.40. The van der Waals surface area contributed by atoms with Gasteiger partial charge in [0.05, 0.1) is 5.56 Å². The average molecular weight is 394 g/mol. The van der Waals surface area contributed by atoms with Crippen LogP contribution in [0.2, 0.25) is 5.15 Å². The molecule has 1 fully saturated rings. The van der Waals surface area contributed by atoms with Crippen molar-refractivity contribution < 1.29 is 22.7 Å². The third kappa shape index (κ3) is 5.16. The minimum absolute atomic E-state index is 0.167. The first-order valence-corrected chi connectivity index (χ1v) is 8.78. The topological polar surface area (TPSA) is 45.7 Å². The molecule has 0 N–H and O–H groups in total. The number of piperazine rings is 1. The van der Waals surface area contributed by atoms with Crippen LogP contribution in [0.1, 0.15) is 39.7 Å². The maximum Gasteiger partial charge on any atom is 0.416 e. The summed E-state index contributed by atoms with van der Waals surface area (Å²) in [5.41, 5.74) is -1.44. The molecule has 26 heavy (non-hydrogen) atoms. The van der Waals surface area contributed by atoms with E-state index in [9.17, 15) is 18.0 Å². The number of alkyl halides is 3. The summed E-state index contributed by atoms with van der Waals surface area (Å²) >= 11 is 5.80. The highest BCUT2D eigenvalue weighted by Gasteiger charge is 2.35. The van der Waals surface area contributed by atoms with Gasteiger partial charge in [0.2, 0.25) is 0 Å². The Morgan fingerprint density at radius 2 is 1.96 bits per heavy atom. The van der Waals surface area contributed by atoms with Crippen molar-refractivity contribution in [3.63, 3.8) is 0 Å². The van der Waals surface area contributed by atoms with Gasteiger partial charge >= 0.3 is 12.3 Å². The van der Waals surface area contributed by atoms with Crippen LogP contribution in [0, 0.1) is 0 Å². The molecular formula is C17H23ClF3N3O2. The number of pyridine rings is 1. The Labute approximate surface area is 156 Å². The molecule has 0 bridgehead atoms. The SMILES string of the molecule is CC[C@@H]1CN(C(=O)OC(C)(C)C)CCN1c1cc(C(F)(F)F)cc(Cl)n1. The molecule has 1 aromatic heterocycles. The Morgan fingerprint density at radius 3 is 2.50 bits per heavy atom. The van der Waals surface area contributed by atoms with Crippen molar-refractivity contribution >= 4 is 23.5 Å². The van der Waals surface area contributed by atoms with Crippen LogP contribution in [0.4, 0.5) is 23.8 Å². The van der Waals surface area contributed by atoms with Crippen LogP contribution in [0.25, 0.3) is 0 Å². The van der Waals surface area contributed by atoms with Gasteiger partial charge in [0.25, 0.3) is 0 Å². The second-order valence-electron chi connectivity index (χ2n) is 7.22. The maximum absolute atomic E-state index is 13.0. The Kier molecular flexibility index (Phi) is 5.95. The van der Waals surface area contributed by atoms with Crippen LogP contribution in [0.5, 0.6) is 0 Å². The lowest BCUT2D eigenvalue weighted by molar-refractivity contribution is -0.137. The molecule has 1 aliphatic heterocycles. The molecule has 2 heterocycles. The zero-order valence-electron chi connectivity index (χ0n) is 15.2. The van der Waals surface area contributed by atoms with Crippen LogP contribution in [0.3, 0.4) is 0 Å². The highest BCUT2D eigenvalue weighted by atomic mass is 35.5. The van der Waals surface area contributed by atoms with E-state index >= 15 is 0 Å². The predicted octanol–water partition coefficient (Wildman–Crippen LogP) is 4.59. The van der Waals surface area contributed by atoms with Gasteiger partial charge in [-0.15, -0.1) is 0 Å². The number of carbonyl (C=O) groups is 1. The second kappa shape index (κ2) is 7.50. The number of amides is 1. The van der Waals surface area contributed by atoms with Crippen LogP contribution >= 0.6 is 11.6 Å². The number of carbonyl (C=O) groups excluding carboxylic acids is 1. The summed E-state index contributed by atoms with van der Waals surface area (Å²) in [4.78, 5) is 19.7. The molecule has 0 spiro atoms. The van der Waals surface area contributed by atoms with Gasteiger partial charge in [-0.1, -0.05) is 18.5 Å². The van der Waals surface area contributed by atoms with E-state index in [-0.39, 0.29) is 17.0 Å². The molecule has 1 aromatic rings. The van der Waals surface area contributed by atoms with E-state index in [0.29, 0.717) is 26.1 Å². The first kappa shape index (κ1) is 20.6. The molecule has 1 aliphatic rings. The molecule has 1 saturated heterocycles. The minimum Gasteiger partial charge on any atom is -0.444 e. The quantitative estimate of drug-likeness (QED) is 0.689. The van der Waals surface area contributed by atoms with E-state index in [1.165, 1.54) is 0 Å². The van der Waals surface area contributed by atoms with Crippen molar-refractivity contribution in [1.29, 1.82) is 0 Å². The van der Waals surface area contributed by atoms with Crippen LogP contribution < -0.4 is 4.90 Å². The molecule has 0 radical (unpaired) electrons. The van der Waals surface area contributed by atoms with Gasteiger partial charge in [-0.25, -0.2) is 9.78 Å². The van der Waals surface area contributed by atoms with E-state index in [1.54, 1.807) is 30.6 Å². The summed E-state index contributed by atoms with van der Waals surface area (Å²) in [5, 5.41) is -0.209. The predicted molar refractivity (Wildman–Crippen MR) is 93.5 cm³/mol. The van der Waals surface area contributed by atoms with Crippen LogP contribution in [-0.2, 0) is 10.9 Å². The van der Waals surface area contributed by atoms with Gasteiger partial charge in [0.1, 0.15) is 16.6 Å². The fourth-order valence-corrected chi connectivity index (χ4v) is 3.00. The zero-order chi connectivity index (χ0) is 19.7. The van der Waals surface area contributed by atoms with Gasteiger partial charge in [0, 0.05) is 25.7 Å². The van der Waals surface area contributed by atoms with Crippen molar-refractivity contribution in [1.82, 2.24) is 9.88 Å². The number of hydrogen-bond donors (Lipinski definition) is 0. The van der Waals surface area contributed by atoms with Crippen LogP contribution in [0.15, 0.2) is 12.1 Å². The molecule has 146 valence electrons. The molecule has 0 unspecified atom stereocenters. The highest BCUT2D eigenvalue weighted by molar-refractivity contribution is 6.29. The largest absolute Gasteiger partial charge is 0.444 e.